The zero-order valence-electron chi connectivity index (χ0n) is 17.7. The number of sulfonamides is 1. The van der Waals surface area contributed by atoms with Gasteiger partial charge < -0.3 is 5.32 Å². The first kappa shape index (κ1) is 21.6. The summed E-state index contributed by atoms with van der Waals surface area (Å²) in [5.41, 5.74) is 2.23. The van der Waals surface area contributed by atoms with Gasteiger partial charge in [0.05, 0.1) is 15.5 Å². The molecule has 168 valence electrons. The third-order valence-corrected chi connectivity index (χ3v) is 8.30. The normalized spacial score (nSPS) is 14.4. The minimum Gasteiger partial charge on any atom is -0.321 e. The first-order valence-electron chi connectivity index (χ1n) is 10.6. The molecule has 1 aliphatic rings. The number of nitrogens with one attached hydrogen (secondary N) is 1. The molecule has 0 saturated carbocycles. The summed E-state index contributed by atoms with van der Waals surface area (Å²) < 4.78 is 28.9. The molecule has 0 spiro atoms. The zero-order valence-corrected chi connectivity index (χ0v) is 19.3. The van der Waals surface area contributed by atoms with E-state index >= 15 is 0 Å². The number of para-hydroxylation sites is 1. The van der Waals surface area contributed by atoms with E-state index in [0.29, 0.717) is 30.2 Å². The molecule has 0 aliphatic carbocycles. The predicted octanol–water partition coefficient (Wildman–Crippen LogP) is 4.64. The highest BCUT2D eigenvalue weighted by Crippen LogP contribution is 2.27. The molecule has 7 nitrogen and oxygen atoms in total. The SMILES string of the molecule is O=C(Nc1cccc(S(=O)(=O)N2CCCC2)c1)c1cc(-c2cccs2)nn1-c1ccccc1. The van der Waals surface area contributed by atoms with E-state index in [1.54, 1.807) is 40.3 Å². The molecule has 0 unspecified atom stereocenters. The van der Waals surface area contributed by atoms with Gasteiger partial charge in [-0.3, -0.25) is 4.79 Å². The van der Waals surface area contributed by atoms with E-state index in [-0.39, 0.29) is 10.8 Å². The molecule has 2 aromatic carbocycles. The Bertz CT molecular complexity index is 1370. The fourth-order valence-electron chi connectivity index (χ4n) is 3.86. The first-order chi connectivity index (χ1) is 16.0. The van der Waals surface area contributed by atoms with Crippen molar-refractivity contribution in [1.29, 1.82) is 0 Å². The molecule has 4 aromatic rings. The van der Waals surface area contributed by atoms with Crippen LogP contribution in [0.2, 0.25) is 0 Å². The summed E-state index contributed by atoms with van der Waals surface area (Å²) in [7, 11) is -3.57. The average Bonchev–Trinajstić information content (AvgIpc) is 3.61. The first-order valence-corrected chi connectivity index (χ1v) is 13.0. The Balaban J connectivity index is 1.47. The molecule has 1 N–H and O–H groups in total. The van der Waals surface area contributed by atoms with Crippen LogP contribution in [0.4, 0.5) is 5.69 Å². The van der Waals surface area contributed by atoms with Crippen molar-refractivity contribution in [2.75, 3.05) is 18.4 Å². The van der Waals surface area contributed by atoms with Crippen LogP contribution in [0.5, 0.6) is 0 Å². The molecule has 33 heavy (non-hydrogen) atoms. The lowest BCUT2D eigenvalue weighted by atomic mass is 10.2. The van der Waals surface area contributed by atoms with Gasteiger partial charge in [0, 0.05) is 18.8 Å². The highest BCUT2D eigenvalue weighted by molar-refractivity contribution is 7.89. The lowest BCUT2D eigenvalue weighted by molar-refractivity contribution is 0.101. The lowest BCUT2D eigenvalue weighted by Crippen LogP contribution is -2.28. The van der Waals surface area contributed by atoms with Crippen LogP contribution in [0.15, 0.2) is 83.1 Å². The summed E-state index contributed by atoms with van der Waals surface area (Å²) >= 11 is 1.55. The number of nitrogens with zero attached hydrogens (tertiary/aromatic N) is 3. The number of benzene rings is 2. The highest BCUT2D eigenvalue weighted by atomic mass is 32.2. The van der Waals surface area contributed by atoms with E-state index in [4.69, 9.17) is 0 Å². The van der Waals surface area contributed by atoms with E-state index in [9.17, 15) is 13.2 Å². The van der Waals surface area contributed by atoms with Gasteiger partial charge >= 0.3 is 0 Å². The summed E-state index contributed by atoms with van der Waals surface area (Å²) in [6.45, 7) is 1.06. The number of hydrogen-bond donors (Lipinski definition) is 1. The maximum absolute atomic E-state index is 13.3. The lowest BCUT2D eigenvalue weighted by Gasteiger charge is -2.16. The molecule has 0 atom stereocenters. The van der Waals surface area contributed by atoms with Crippen LogP contribution in [-0.2, 0) is 10.0 Å². The minimum absolute atomic E-state index is 0.179. The van der Waals surface area contributed by atoms with Gasteiger partial charge in [-0.2, -0.15) is 9.40 Å². The van der Waals surface area contributed by atoms with E-state index in [0.717, 1.165) is 23.4 Å². The van der Waals surface area contributed by atoms with Crippen LogP contribution >= 0.6 is 11.3 Å². The van der Waals surface area contributed by atoms with Crippen molar-refractivity contribution in [3.8, 4) is 16.3 Å². The van der Waals surface area contributed by atoms with Crippen molar-refractivity contribution in [3.05, 3.63) is 83.9 Å². The van der Waals surface area contributed by atoms with Gasteiger partial charge in [0.1, 0.15) is 11.4 Å². The molecule has 1 fully saturated rings. The Morgan fingerprint density at radius 1 is 0.939 bits per heavy atom. The minimum atomic E-state index is -3.57. The second kappa shape index (κ2) is 8.93. The van der Waals surface area contributed by atoms with Crippen molar-refractivity contribution in [1.82, 2.24) is 14.1 Å². The summed E-state index contributed by atoms with van der Waals surface area (Å²) in [5.74, 6) is -0.370. The molecular formula is C24H22N4O3S2. The van der Waals surface area contributed by atoms with Gasteiger partial charge in [0.15, 0.2) is 0 Å². The summed E-state index contributed by atoms with van der Waals surface area (Å²) in [4.78, 5) is 14.4. The van der Waals surface area contributed by atoms with Crippen LogP contribution in [0.1, 0.15) is 23.3 Å². The average molecular weight is 479 g/mol. The fraction of sp³-hybridized carbons (Fsp3) is 0.167. The van der Waals surface area contributed by atoms with Gasteiger partial charge in [0.25, 0.3) is 5.91 Å². The van der Waals surface area contributed by atoms with Gasteiger partial charge in [-0.05, 0) is 60.7 Å². The Hall–Kier alpha value is -3.27. The van der Waals surface area contributed by atoms with Crippen molar-refractivity contribution in [2.24, 2.45) is 0 Å². The molecule has 1 amide bonds. The third-order valence-electron chi connectivity index (χ3n) is 5.51. The zero-order chi connectivity index (χ0) is 22.8. The number of carbonyl (C=O) groups is 1. The third kappa shape index (κ3) is 4.35. The number of carbonyl (C=O) groups excluding carboxylic acids is 1. The standard InChI is InChI=1S/C24H22N4O3S2/c29-24(25-18-8-6-11-20(16-18)33(30,31)27-13-4-5-14-27)22-17-21(23-12-7-15-32-23)26-28(22)19-9-2-1-3-10-19/h1-3,6-12,15-17H,4-5,13-14H2,(H,25,29). The maximum atomic E-state index is 13.3. The molecule has 9 heteroatoms. The number of anilines is 1. The van der Waals surface area contributed by atoms with Crippen molar-refractivity contribution in [2.45, 2.75) is 17.7 Å². The van der Waals surface area contributed by atoms with Crippen molar-refractivity contribution in [3.63, 3.8) is 0 Å². The van der Waals surface area contributed by atoms with Gasteiger partial charge in [-0.15, -0.1) is 11.3 Å². The molecule has 0 bridgehead atoms. The van der Waals surface area contributed by atoms with Gasteiger partial charge in [0.2, 0.25) is 10.0 Å². The Morgan fingerprint density at radius 2 is 1.73 bits per heavy atom. The molecule has 2 aromatic heterocycles. The fourth-order valence-corrected chi connectivity index (χ4v) is 6.11. The highest BCUT2D eigenvalue weighted by Gasteiger charge is 2.27. The largest absolute Gasteiger partial charge is 0.321 e. The van der Waals surface area contributed by atoms with Crippen LogP contribution in [0, 0.1) is 0 Å². The summed E-state index contributed by atoms with van der Waals surface area (Å²) in [6, 6.07) is 21.5. The smallest absolute Gasteiger partial charge is 0.274 e. The van der Waals surface area contributed by atoms with E-state index in [1.165, 1.54) is 10.4 Å². The second-order valence-electron chi connectivity index (χ2n) is 7.73. The number of hydrogen-bond acceptors (Lipinski definition) is 5. The number of thiophene rings is 1. The van der Waals surface area contributed by atoms with Crippen molar-refractivity contribution >= 4 is 33.0 Å². The Morgan fingerprint density at radius 3 is 2.45 bits per heavy atom. The predicted molar refractivity (Wildman–Crippen MR) is 129 cm³/mol. The maximum Gasteiger partial charge on any atom is 0.274 e. The molecular weight excluding hydrogens is 456 g/mol. The number of amides is 1. The van der Waals surface area contributed by atoms with E-state index in [1.807, 2.05) is 47.8 Å². The Labute approximate surface area is 196 Å². The van der Waals surface area contributed by atoms with Gasteiger partial charge in [-0.25, -0.2) is 13.1 Å². The van der Waals surface area contributed by atoms with Crippen LogP contribution in [0.3, 0.4) is 0 Å². The molecule has 3 heterocycles. The van der Waals surface area contributed by atoms with Crippen LogP contribution in [0.25, 0.3) is 16.3 Å². The van der Waals surface area contributed by atoms with E-state index in [2.05, 4.69) is 10.4 Å². The topological polar surface area (TPSA) is 84.3 Å². The molecule has 0 radical (unpaired) electrons. The monoisotopic (exact) mass is 478 g/mol. The summed E-state index contributed by atoms with van der Waals surface area (Å²) in [5, 5.41) is 9.47. The Kier molecular flexibility index (Phi) is 5.84. The van der Waals surface area contributed by atoms with Gasteiger partial charge in [-0.1, -0.05) is 30.3 Å². The van der Waals surface area contributed by atoms with Crippen LogP contribution < -0.4 is 5.32 Å². The quantitative estimate of drug-likeness (QED) is 0.438. The molecule has 1 saturated heterocycles. The molecule has 1 aliphatic heterocycles. The number of aromatic nitrogens is 2. The summed E-state index contributed by atoms with van der Waals surface area (Å²) in [6.07, 6.45) is 1.73. The second-order valence-corrected chi connectivity index (χ2v) is 10.6. The van der Waals surface area contributed by atoms with E-state index < -0.39 is 10.0 Å². The molecule has 5 rings (SSSR count). The number of rotatable bonds is 6. The van der Waals surface area contributed by atoms with Crippen LogP contribution in [-0.4, -0.2) is 41.5 Å². The van der Waals surface area contributed by atoms with Crippen molar-refractivity contribution < 1.29 is 13.2 Å².